The fourth-order valence-corrected chi connectivity index (χ4v) is 2.63. The van der Waals surface area contributed by atoms with E-state index in [1.54, 1.807) is 7.05 Å². The predicted molar refractivity (Wildman–Crippen MR) is 83.5 cm³/mol. The summed E-state index contributed by atoms with van der Waals surface area (Å²) in [6, 6.07) is 0. The van der Waals surface area contributed by atoms with Gasteiger partial charge in [0, 0.05) is 33.1 Å². The summed E-state index contributed by atoms with van der Waals surface area (Å²) >= 11 is 0. The van der Waals surface area contributed by atoms with Gasteiger partial charge in [-0.05, 0) is 18.8 Å². The number of methoxy groups -OCH3 is 2. The Morgan fingerprint density at radius 3 is 2.55 bits per heavy atom. The molecular weight excluding hydrogens is 286 g/mol. The number of hydrogen-bond donors (Lipinski definition) is 1. The van der Waals surface area contributed by atoms with Crippen LogP contribution in [0.3, 0.4) is 0 Å². The molecule has 1 aliphatic heterocycles. The van der Waals surface area contributed by atoms with Gasteiger partial charge in [0.25, 0.3) is 0 Å². The number of nitrogens with zero attached hydrogens (tertiary/aromatic N) is 2. The van der Waals surface area contributed by atoms with Crippen molar-refractivity contribution in [2.24, 2.45) is 16.8 Å². The van der Waals surface area contributed by atoms with Gasteiger partial charge in [-0.1, -0.05) is 6.92 Å². The zero-order valence-corrected chi connectivity index (χ0v) is 13.9. The van der Waals surface area contributed by atoms with Crippen LogP contribution < -0.4 is 5.32 Å². The molecule has 1 saturated heterocycles. The van der Waals surface area contributed by atoms with Crippen LogP contribution in [-0.2, 0) is 19.1 Å². The molecule has 2 atom stereocenters. The van der Waals surface area contributed by atoms with Crippen LogP contribution in [0.25, 0.3) is 0 Å². The molecule has 1 fully saturated rings. The molecule has 1 aliphatic rings. The van der Waals surface area contributed by atoms with Gasteiger partial charge in [0.1, 0.15) is 0 Å². The molecule has 0 aromatic heterocycles. The molecule has 1 N–H and O–H groups in total. The second kappa shape index (κ2) is 9.27. The van der Waals surface area contributed by atoms with Crippen LogP contribution in [0, 0.1) is 11.8 Å². The summed E-state index contributed by atoms with van der Waals surface area (Å²) in [5.74, 6) is 0.576. The minimum Gasteiger partial charge on any atom is -0.469 e. The normalized spacial score (nSPS) is 21.6. The molecule has 7 heteroatoms. The Balaban J connectivity index is 2.36. The Labute approximate surface area is 132 Å². The lowest BCUT2D eigenvalue weighted by Crippen LogP contribution is -2.41. The predicted octanol–water partition coefficient (Wildman–Crippen LogP) is 0.646. The largest absolute Gasteiger partial charge is 0.469 e. The number of esters is 2. The molecule has 0 amide bonds. The number of aliphatic imine (C=N–C) groups is 1. The molecule has 22 heavy (non-hydrogen) atoms. The Hall–Kier alpha value is -1.79. The first-order chi connectivity index (χ1) is 10.5. The Kier molecular flexibility index (Phi) is 7.70. The zero-order valence-electron chi connectivity index (χ0n) is 13.9. The number of rotatable bonds is 6. The molecule has 126 valence electrons. The number of carbonyl (C=O) groups excluding carboxylic acids is 2. The van der Waals surface area contributed by atoms with Gasteiger partial charge >= 0.3 is 11.9 Å². The SMILES string of the molecule is CN=C(NCCCCC(=O)OC)N1CC(C)C(C(=O)OC)C1. The van der Waals surface area contributed by atoms with E-state index in [2.05, 4.69) is 19.9 Å². The Bertz CT molecular complexity index is 412. The molecule has 0 aliphatic carbocycles. The fourth-order valence-electron chi connectivity index (χ4n) is 2.63. The lowest BCUT2D eigenvalue weighted by Gasteiger charge is -2.21. The maximum atomic E-state index is 11.7. The highest BCUT2D eigenvalue weighted by Gasteiger charge is 2.36. The molecule has 7 nitrogen and oxygen atoms in total. The summed E-state index contributed by atoms with van der Waals surface area (Å²) in [5.41, 5.74) is 0. The minimum atomic E-state index is -0.182. The van der Waals surface area contributed by atoms with Crippen molar-refractivity contribution in [3.8, 4) is 0 Å². The van der Waals surface area contributed by atoms with Gasteiger partial charge < -0.3 is 19.7 Å². The van der Waals surface area contributed by atoms with E-state index in [-0.39, 0.29) is 23.8 Å². The van der Waals surface area contributed by atoms with Crippen LogP contribution in [-0.4, -0.2) is 63.7 Å². The van der Waals surface area contributed by atoms with E-state index in [4.69, 9.17) is 4.74 Å². The van der Waals surface area contributed by atoms with Crippen LogP contribution in [0.4, 0.5) is 0 Å². The molecule has 0 aromatic carbocycles. The zero-order chi connectivity index (χ0) is 16.5. The van der Waals surface area contributed by atoms with Crippen molar-refractivity contribution in [3.63, 3.8) is 0 Å². The van der Waals surface area contributed by atoms with Gasteiger partial charge in [0.2, 0.25) is 0 Å². The van der Waals surface area contributed by atoms with Gasteiger partial charge in [0.05, 0.1) is 20.1 Å². The number of ether oxygens (including phenoxy) is 2. The topological polar surface area (TPSA) is 80.2 Å². The molecule has 1 rings (SSSR count). The second-order valence-corrected chi connectivity index (χ2v) is 5.52. The maximum absolute atomic E-state index is 11.7. The number of guanidine groups is 1. The summed E-state index contributed by atoms with van der Waals surface area (Å²) in [7, 11) is 4.55. The molecule has 0 spiro atoms. The van der Waals surface area contributed by atoms with Crippen LogP contribution in [0.15, 0.2) is 4.99 Å². The van der Waals surface area contributed by atoms with Crippen molar-refractivity contribution < 1.29 is 19.1 Å². The van der Waals surface area contributed by atoms with E-state index in [0.29, 0.717) is 13.0 Å². The number of hydrogen-bond acceptors (Lipinski definition) is 5. The first-order valence-corrected chi connectivity index (χ1v) is 7.63. The number of likely N-dealkylation sites (tertiary alicyclic amines) is 1. The van der Waals surface area contributed by atoms with Gasteiger partial charge in [-0.25, -0.2) is 0 Å². The van der Waals surface area contributed by atoms with Crippen molar-refractivity contribution in [3.05, 3.63) is 0 Å². The van der Waals surface area contributed by atoms with Crippen molar-refractivity contribution in [1.82, 2.24) is 10.2 Å². The molecule has 2 unspecified atom stereocenters. The fraction of sp³-hybridized carbons (Fsp3) is 0.800. The molecule has 0 radical (unpaired) electrons. The van der Waals surface area contributed by atoms with Gasteiger partial charge in [-0.15, -0.1) is 0 Å². The Morgan fingerprint density at radius 2 is 1.95 bits per heavy atom. The number of unbranched alkanes of at least 4 members (excludes halogenated alkanes) is 1. The summed E-state index contributed by atoms with van der Waals surface area (Å²) < 4.78 is 9.44. The molecule has 0 aromatic rings. The first kappa shape index (κ1) is 18.3. The Morgan fingerprint density at radius 1 is 1.23 bits per heavy atom. The molecule has 0 saturated carbocycles. The van der Waals surface area contributed by atoms with Gasteiger partial charge in [-0.2, -0.15) is 0 Å². The van der Waals surface area contributed by atoms with Gasteiger partial charge in [-0.3, -0.25) is 14.6 Å². The minimum absolute atomic E-state index is 0.108. The highest BCUT2D eigenvalue weighted by Crippen LogP contribution is 2.23. The van der Waals surface area contributed by atoms with E-state index >= 15 is 0 Å². The molecule has 1 heterocycles. The average Bonchev–Trinajstić information content (AvgIpc) is 2.91. The summed E-state index contributed by atoms with van der Waals surface area (Å²) in [6.07, 6.45) is 2.07. The average molecular weight is 313 g/mol. The standard InChI is InChI=1S/C15H27N3O4/c1-11-9-18(10-12(11)14(20)22-4)15(16-2)17-8-6-5-7-13(19)21-3/h11-12H,5-10H2,1-4H3,(H,16,17). The van der Waals surface area contributed by atoms with Gasteiger partial charge in [0.15, 0.2) is 5.96 Å². The quantitative estimate of drug-likeness (QED) is 0.336. The van der Waals surface area contributed by atoms with Crippen LogP contribution >= 0.6 is 0 Å². The van der Waals surface area contributed by atoms with E-state index in [0.717, 1.165) is 31.9 Å². The molecular formula is C15H27N3O4. The smallest absolute Gasteiger partial charge is 0.310 e. The highest BCUT2D eigenvalue weighted by atomic mass is 16.5. The van der Waals surface area contributed by atoms with Crippen molar-refractivity contribution in [1.29, 1.82) is 0 Å². The second-order valence-electron chi connectivity index (χ2n) is 5.52. The van der Waals surface area contributed by atoms with Crippen molar-refractivity contribution >= 4 is 17.9 Å². The third-order valence-corrected chi connectivity index (χ3v) is 3.95. The van der Waals surface area contributed by atoms with Crippen LogP contribution in [0.2, 0.25) is 0 Å². The van der Waals surface area contributed by atoms with Crippen molar-refractivity contribution in [2.45, 2.75) is 26.2 Å². The monoisotopic (exact) mass is 313 g/mol. The van der Waals surface area contributed by atoms with Crippen LogP contribution in [0.1, 0.15) is 26.2 Å². The molecule has 0 bridgehead atoms. The summed E-state index contributed by atoms with van der Waals surface area (Å²) in [5, 5.41) is 3.27. The van der Waals surface area contributed by atoms with Crippen molar-refractivity contribution in [2.75, 3.05) is 40.9 Å². The number of nitrogens with one attached hydrogen (secondary N) is 1. The summed E-state index contributed by atoms with van der Waals surface area (Å²) in [6.45, 7) is 4.18. The number of carbonyl (C=O) groups is 2. The summed E-state index contributed by atoms with van der Waals surface area (Å²) in [4.78, 5) is 29.1. The highest BCUT2D eigenvalue weighted by molar-refractivity contribution is 5.82. The van der Waals surface area contributed by atoms with E-state index in [1.165, 1.54) is 14.2 Å². The third-order valence-electron chi connectivity index (χ3n) is 3.95. The van der Waals surface area contributed by atoms with E-state index in [9.17, 15) is 9.59 Å². The van der Waals surface area contributed by atoms with E-state index < -0.39 is 0 Å². The lowest BCUT2D eigenvalue weighted by molar-refractivity contribution is -0.146. The lowest BCUT2D eigenvalue weighted by atomic mass is 9.99. The van der Waals surface area contributed by atoms with Crippen LogP contribution in [0.5, 0.6) is 0 Å². The van der Waals surface area contributed by atoms with E-state index in [1.807, 2.05) is 6.92 Å². The first-order valence-electron chi connectivity index (χ1n) is 7.63. The third kappa shape index (κ3) is 5.20. The maximum Gasteiger partial charge on any atom is 0.310 e.